The fourth-order valence-electron chi connectivity index (χ4n) is 5.90. The lowest BCUT2D eigenvalue weighted by Crippen LogP contribution is -2.69. The maximum atomic E-state index is 13.2. The number of carboxylic acids is 1. The molecule has 0 unspecified atom stereocenters. The highest BCUT2D eigenvalue weighted by Crippen LogP contribution is 2.62. The van der Waals surface area contributed by atoms with E-state index in [9.17, 15) is 34.5 Å². The first-order valence-corrected chi connectivity index (χ1v) is 12.2. The van der Waals surface area contributed by atoms with Crippen LogP contribution in [0, 0.1) is 0 Å². The van der Waals surface area contributed by atoms with Gasteiger partial charge in [0.2, 0.25) is 12.2 Å². The Labute approximate surface area is 218 Å². The molecule has 12 heteroatoms. The number of esters is 3. The first-order valence-electron chi connectivity index (χ1n) is 12.2. The molecule has 1 aliphatic heterocycles. The smallest absolute Gasteiger partial charge is 0.357 e. The second kappa shape index (κ2) is 9.59. The molecule has 6 atom stereocenters. The van der Waals surface area contributed by atoms with E-state index in [1.54, 1.807) is 13.0 Å². The van der Waals surface area contributed by atoms with Crippen LogP contribution in [0.5, 0.6) is 11.5 Å². The van der Waals surface area contributed by atoms with Crippen molar-refractivity contribution in [3.63, 3.8) is 0 Å². The number of phenols is 1. The van der Waals surface area contributed by atoms with Crippen molar-refractivity contribution in [1.82, 2.24) is 4.90 Å². The molecule has 1 heterocycles. The molecule has 3 aliphatic rings. The monoisotopic (exact) mass is 533 g/mol. The van der Waals surface area contributed by atoms with Crippen LogP contribution in [-0.2, 0) is 45.2 Å². The topological polar surface area (TPSA) is 169 Å². The highest BCUT2D eigenvalue weighted by atomic mass is 16.6. The second-order valence-electron chi connectivity index (χ2n) is 10.00. The predicted octanol–water partition coefficient (Wildman–Crippen LogP) is 0.797. The van der Waals surface area contributed by atoms with Gasteiger partial charge < -0.3 is 39.2 Å². The van der Waals surface area contributed by atoms with E-state index in [2.05, 4.69) is 0 Å². The molecule has 0 bridgehead atoms. The van der Waals surface area contributed by atoms with Crippen molar-refractivity contribution in [3.05, 3.63) is 35.1 Å². The molecular formula is C26H31NO11. The van der Waals surface area contributed by atoms with E-state index < -0.39 is 53.2 Å². The van der Waals surface area contributed by atoms with Gasteiger partial charge in [-0.25, -0.2) is 9.59 Å². The minimum absolute atomic E-state index is 0.0417. The molecule has 0 saturated heterocycles. The number of phenolic OH excluding ortho intramolecular Hbond substituents is 1. The number of aromatic hydroxyl groups is 1. The Morgan fingerprint density at radius 3 is 2.37 bits per heavy atom. The van der Waals surface area contributed by atoms with Crippen LogP contribution in [0.2, 0.25) is 0 Å². The van der Waals surface area contributed by atoms with Crippen LogP contribution in [-0.4, -0.2) is 87.6 Å². The Bertz CT molecular complexity index is 1230. The summed E-state index contributed by atoms with van der Waals surface area (Å²) in [6.07, 6.45) is -3.34. The van der Waals surface area contributed by atoms with Crippen molar-refractivity contribution in [3.8, 4) is 11.5 Å². The first-order chi connectivity index (χ1) is 17.8. The number of benzene rings is 1. The van der Waals surface area contributed by atoms with Crippen LogP contribution in [0.25, 0.3) is 0 Å². The van der Waals surface area contributed by atoms with Crippen molar-refractivity contribution in [2.45, 2.75) is 75.9 Å². The van der Waals surface area contributed by atoms with Crippen LogP contribution in [0.1, 0.15) is 45.2 Å². The average molecular weight is 534 g/mol. The lowest BCUT2D eigenvalue weighted by Gasteiger charge is -2.56. The normalized spacial score (nSPS) is 28.3. The minimum atomic E-state index is -2.16. The Kier molecular flexibility index (Phi) is 6.91. The summed E-state index contributed by atoms with van der Waals surface area (Å²) in [5.74, 6) is -5.09. The van der Waals surface area contributed by atoms with Gasteiger partial charge in [-0.3, -0.25) is 9.59 Å². The summed E-state index contributed by atoms with van der Waals surface area (Å²) in [6, 6.07) is 2.94. The van der Waals surface area contributed by atoms with Gasteiger partial charge in [0.05, 0.1) is 11.0 Å². The molecule has 206 valence electrons. The van der Waals surface area contributed by atoms with E-state index in [0.717, 1.165) is 19.4 Å². The number of rotatable bonds is 8. The number of aliphatic carboxylic acids is 1. The highest BCUT2D eigenvalue weighted by molar-refractivity contribution is 5.88. The summed E-state index contributed by atoms with van der Waals surface area (Å²) in [7, 11) is 1.90. The van der Waals surface area contributed by atoms with Crippen LogP contribution < -0.4 is 4.74 Å². The molecule has 0 radical (unpaired) electrons. The minimum Gasteiger partial charge on any atom is -0.504 e. The van der Waals surface area contributed by atoms with Crippen LogP contribution in [0.15, 0.2) is 24.0 Å². The molecule has 38 heavy (non-hydrogen) atoms. The van der Waals surface area contributed by atoms with Gasteiger partial charge in [-0.2, -0.15) is 0 Å². The van der Waals surface area contributed by atoms with Gasteiger partial charge in [0.15, 0.2) is 17.6 Å². The molecule has 1 aromatic carbocycles. The van der Waals surface area contributed by atoms with Crippen molar-refractivity contribution >= 4 is 23.9 Å². The summed E-state index contributed by atoms with van der Waals surface area (Å²) in [5, 5.41) is 32.3. The molecule has 2 aliphatic carbocycles. The summed E-state index contributed by atoms with van der Waals surface area (Å²) < 4.78 is 21.3. The van der Waals surface area contributed by atoms with Crippen molar-refractivity contribution in [1.29, 1.82) is 0 Å². The van der Waals surface area contributed by atoms with Gasteiger partial charge in [-0.05, 0) is 44.6 Å². The second-order valence-corrected chi connectivity index (χ2v) is 10.00. The molecule has 0 spiro atoms. The zero-order valence-corrected chi connectivity index (χ0v) is 21.7. The third kappa shape index (κ3) is 4.08. The van der Waals surface area contributed by atoms with Gasteiger partial charge >= 0.3 is 23.9 Å². The number of carbonyl (C=O) groups excluding carboxylic acids is 3. The Morgan fingerprint density at radius 2 is 1.79 bits per heavy atom. The third-order valence-electron chi connectivity index (χ3n) is 7.83. The number of likely N-dealkylation sites (N-methyl/N-ethyl adjacent to an activating group) is 1. The number of ether oxygens (including phenoxy) is 4. The van der Waals surface area contributed by atoms with Crippen LogP contribution in [0.3, 0.4) is 0 Å². The summed E-state index contributed by atoms with van der Waals surface area (Å²) in [6.45, 7) is 6.29. The Balaban J connectivity index is 1.76. The van der Waals surface area contributed by atoms with Gasteiger partial charge in [-0.1, -0.05) is 13.0 Å². The number of carboxylic acid groups (broad SMARTS) is 1. The van der Waals surface area contributed by atoms with Crippen molar-refractivity contribution < 1.29 is 53.4 Å². The average Bonchev–Trinajstić information content (AvgIpc) is 3.18. The van der Waals surface area contributed by atoms with E-state index in [1.807, 2.05) is 18.9 Å². The van der Waals surface area contributed by atoms with Gasteiger partial charge in [0.1, 0.15) is 5.76 Å². The summed E-state index contributed by atoms with van der Waals surface area (Å²) in [5.41, 5.74) is -1.09. The lowest BCUT2D eigenvalue weighted by molar-refractivity contribution is -0.188. The molecule has 0 saturated carbocycles. The predicted molar refractivity (Wildman–Crippen MR) is 128 cm³/mol. The fourth-order valence-corrected chi connectivity index (χ4v) is 5.90. The maximum absolute atomic E-state index is 13.2. The van der Waals surface area contributed by atoms with E-state index in [1.165, 1.54) is 12.1 Å². The largest absolute Gasteiger partial charge is 0.504 e. The number of hydrogen-bond donors (Lipinski definition) is 3. The molecule has 3 N–H and O–H groups in total. The van der Waals surface area contributed by atoms with Crippen LogP contribution in [0.4, 0.5) is 0 Å². The first kappa shape index (κ1) is 27.4. The van der Waals surface area contributed by atoms with E-state index in [0.29, 0.717) is 18.5 Å². The molecule has 4 rings (SSSR count). The number of carbonyl (C=O) groups is 4. The van der Waals surface area contributed by atoms with Crippen LogP contribution >= 0.6 is 0 Å². The fraction of sp³-hybridized carbons (Fsp3) is 0.538. The summed E-state index contributed by atoms with van der Waals surface area (Å²) >= 11 is 0. The number of hydrogen-bond acceptors (Lipinski definition) is 11. The molecular weight excluding hydrogens is 502 g/mol. The highest BCUT2D eigenvalue weighted by Gasteiger charge is 2.68. The van der Waals surface area contributed by atoms with Crippen molar-refractivity contribution in [2.75, 3.05) is 13.6 Å². The van der Waals surface area contributed by atoms with Gasteiger partial charge in [0, 0.05) is 31.9 Å². The Hall–Kier alpha value is -3.64. The SMILES string of the molecule is CCN(C)[C@@H]1Cc2ccc(O)c3c2[C@@]2(C)[C@@H](O3)C(OC(=O)[C@@H](OC(C)=O)[C@H](OC(C)=O)C(=O)O)=CC[C@@]12O. The summed E-state index contributed by atoms with van der Waals surface area (Å²) in [4.78, 5) is 50.1. The maximum Gasteiger partial charge on any atom is 0.357 e. The van der Waals surface area contributed by atoms with Crippen molar-refractivity contribution in [2.24, 2.45) is 0 Å². The molecule has 0 aromatic heterocycles. The van der Waals surface area contributed by atoms with E-state index >= 15 is 0 Å². The molecule has 0 fully saturated rings. The quantitative estimate of drug-likeness (QED) is 0.318. The standard InChI is InChI=1S/C26H31NO11/c1-6-27(5)17-11-14-7-8-15(30)19-18(14)25(4)22(38-19)16(9-10-26(17,25)34)37-24(33)21(36-13(3)29)20(23(31)32)35-12(2)28/h7-9,17,20-22,30,34H,6,10-11H2,1-5H3,(H,31,32)/t17-,20+,21+,22+,25+,26-/m1/s1. The van der Waals surface area contributed by atoms with E-state index in [-0.39, 0.29) is 29.7 Å². The zero-order chi connectivity index (χ0) is 28.2. The molecule has 12 nitrogen and oxygen atoms in total. The molecule has 0 amide bonds. The molecule has 1 aromatic rings. The van der Waals surface area contributed by atoms with E-state index in [4.69, 9.17) is 18.9 Å². The Morgan fingerprint density at radius 1 is 1.16 bits per heavy atom. The number of aliphatic hydroxyl groups is 1. The third-order valence-corrected chi connectivity index (χ3v) is 7.83. The number of nitrogens with zero attached hydrogens (tertiary/aromatic N) is 1. The zero-order valence-electron chi connectivity index (χ0n) is 21.7. The lowest BCUT2D eigenvalue weighted by atomic mass is 9.54. The van der Waals surface area contributed by atoms with Gasteiger partial charge in [-0.15, -0.1) is 0 Å². The van der Waals surface area contributed by atoms with Gasteiger partial charge in [0.25, 0.3) is 0 Å².